The SMILES string of the molecule is NCCc1cccc(F)c1Oc1cccc(Cl)c1F. The standard InChI is InChI=1S/C14H12ClF2NO/c15-10-4-2-6-12(13(10)17)19-14-9(7-8-18)3-1-5-11(14)16/h1-6H,7-8,18H2. The summed E-state index contributed by atoms with van der Waals surface area (Å²) < 4.78 is 32.8. The van der Waals surface area contributed by atoms with Crippen molar-refractivity contribution in [2.45, 2.75) is 6.42 Å². The van der Waals surface area contributed by atoms with Crippen molar-refractivity contribution in [3.05, 3.63) is 58.6 Å². The molecule has 0 aromatic heterocycles. The third kappa shape index (κ3) is 3.03. The Hall–Kier alpha value is -1.65. The van der Waals surface area contributed by atoms with E-state index in [9.17, 15) is 8.78 Å². The smallest absolute Gasteiger partial charge is 0.184 e. The van der Waals surface area contributed by atoms with Crippen LogP contribution in [0.4, 0.5) is 8.78 Å². The van der Waals surface area contributed by atoms with Crippen molar-refractivity contribution in [3.8, 4) is 11.5 Å². The van der Waals surface area contributed by atoms with Crippen molar-refractivity contribution in [3.63, 3.8) is 0 Å². The second kappa shape index (κ2) is 5.99. The Morgan fingerprint density at radius 3 is 2.58 bits per heavy atom. The molecule has 19 heavy (non-hydrogen) atoms. The van der Waals surface area contributed by atoms with Gasteiger partial charge in [-0.25, -0.2) is 8.78 Å². The lowest BCUT2D eigenvalue weighted by Crippen LogP contribution is -2.05. The molecule has 0 spiro atoms. The van der Waals surface area contributed by atoms with Gasteiger partial charge in [-0.15, -0.1) is 0 Å². The van der Waals surface area contributed by atoms with Gasteiger partial charge in [-0.2, -0.15) is 0 Å². The van der Waals surface area contributed by atoms with Gasteiger partial charge in [0.2, 0.25) is 0 Å². The summed E-state index contributed by atoms with van der Waals surface area (Å²) in [5, 5.41) is -0.0748. The first-order valence-corrected chi connectivity index (χ1v) is 6.10. The quantitative estimate of drug-likeness (QED) is 0.923. The molecule has 2 nitrogen and oxygen atoms in total. The maximum atomic E-state index is 13.8. The van der Waals surface area contributed by atoms with Crippen LogP contribution in [-0.4, -0.2) is 6.54 Å². The minimum atomic E-state index is -0.717. The molecule has 2 aromatic carbocycles. The lowest BCUT2D eigenvalue weighted by atomic mass is 10.1. The van der Waals surface area contributed by atoms with E-state index in [1.807, 2.05) is 0 Å². The molecule has 0 bridgehead atoms. The summed E-state index contributed by atoms with van der Waals surface area (Å²) in [4.78, 5) is 0. The third-order valence-corrected chi connectivity index (χ3v) is 2.88. The molecule has 0 amide bonds. The highest BCUT2D eigenvalue weighted by atomic mass is 35.5. The van der Waals surface area contributed by atoms with Crippen molar-refractivity contribution in [2.75, 3.05) is 6.54 Å². The summed E-state index contributed by atoms with van der Waals surface area (Å²) in [6.07, 6.45) is 0.440. The number of halogens is 3. The van der Waals surface area contributed by atoms with E-state index in [1.54, 1.807) is 12.1 Å². The van der Waals surface area contributed by atoms with Crippen LogP contribution in [0.3, 0.4) is 0 Å². The molecule has 0 aliphatic rings. The molecule has 0 fully saturated rings. The Morgan fingerprint density at radius 1 is 1.11 bits per heavy atom. The Balaban J connectivity index is 2.40. The molecule has 0 aliphatic heterocycles. The highest BCUT2D eigenvalue weighted by Gasteiger charge is 2.14. The van der Waals surface area contributed by atoms with Crippen LogP contribution in [-0.2, 0) is 6.42 Å². The Labute approximate surface area is 114 Å². The molecule has 0 saturated carbocycles. The minimum Gasteiger partial charge on any atom is -0.451 e. The van der Waals surface area contributed by atoms with Crippen LogP contribution < -0.4 is 10.5 Å². The lowest BCUT2D eigenvalue weighted by Gasteiger charge is -2.12. The van der Waals surface area contributed by atoms with Gasteiger partial charge in [0.25, 0.3) is 0 Å². The first-order chi connectivity index (χ1) is 9.13. The zero-order chi connectivity index (χ0) is 13.8. The van der Waals surface area contributed by atoms with E-state index in [0.29, 0.717) is 18.5 Å². The number of ether oxygens (including phenoxy) is 1. The number of para-hydroxylation sites is 1. The number of rotatable bonds is 4. The predicted octanol–water partition coefficient (Wildman–Crippen LogP) is 3.91. The van der Waals surface area contributed by atoms with Gasteiger partial charge in [0.15, 0.2) is 23.1 Å². The topological polar surface area (TPSA) is 35.2 Å². The van der Waals surface area contributed by atoms with Crippen LogP contribution in [0.1, 0.15) is 5.56 Å². The fourth-order valence-electron chi connectivity index (χ4n) is 1.69. The van der Waals surface area contributed by atoms with Gasteiger partial charge in [0.05, 0.1) is 5.02 Å². The summed E-state index contributed by atoms with van der Waals surface area (Å²) in [5.74, 6) is -1.42. The van der Waals surface area contributed by atoms with Crippen molar-refractivity contribution in [1.29, 1.82) is 0 Å². The number of hydrogen-bond donors (Lipinski definition) is 1. The largest absolute Gasteiger partial charge is 0.451 e. The van der Waals surface area contributed by atoms with E-state index < -0.39 is 11.6 Å². The van der Waals surface area contributed by atoms with E-state index in [1.165, 1.54) is 24.3 Å². The van der Waals surface area contributed by atoms with Gasteiger partial charge in [-0.1, -0.05) is 29.8 Å². The van der Waals surface area contributed by atoms with Crippen LogP contribution in [0, 0.1) is 11.6 Å². The van der Waals surface area contributed by atoms with Crippen LogP contribution in [0.2, 0.25) is 5.02 Å². The molecule has 0 atom stereocenters. The maximum absolute atomic E-state index is 13.8. The van der Waals surface area contributed by atoms with Crippen LogP contribution in [0.5, 0.6) is 11.5 Å². The molecule has 2 rings (SSSR count). The van der Waals surface area contributed by atoms with Crippen LogP contribution >= 0.6 is 11.6 Å². The molecular weight excluding hydrogens is 272 g/mol. The van der Waals surface area contributed by atoms with Crippen molar-refractivity contribution < 1.29 is 13.5 Å². The predicted molar refractivity (Wildman–Crippen MR) is 70.6 cm³/mol. The molecule has 2 aromatic rings. The van der Waals surface area contributed by atoms with Gasteiger partial charge >= 0.3 is 0 Å². The molecule has 0 heterocycles. The van der Waals surface area contributed by atoms with Gasteiger partial charge in [-0.05, 0) is 36.7 Å². The van der Waals surface area contributed by atoms with Crippen LogP contribution in [0.25, 0.3) is 0 Å². The van der Waals surface area contributed by atoms with Gasteiger partial charge in [-0.3, -0.25) is 0 Å². The number of benzene rings is 2. The number of hydrogen-bond acceptors (Lipinski definition) is 2. The normalized spacial score (nSPS) is 10.5. The van der Waals surface area contributed by atoms with E-state index in [-0.39, 0.29) is 16.5 Å². The first kappa shape index (κ1) is 13.8. The van der Waals surface area contributed by atoms with E-state index in [0.717, 1.165) is 0 Å². The average Bonchev–Trinajstić information content (AvgIpc) is 2.39. The van der Waals surface area contributed by atoms with E-state index in [2.05, 4.69) is 0 Å². The van der Waals surface area contributed by atoms with Crippen LogP contribution in [0.15, 0.2) is 36.4 Å². The van der Waals surface area contributed by atoms with Gasteiger partial charge in [0.1, 0.15) is 0 Å². The van der Waals surface area contributed by atoms with Crippen molar-refractivity contribution in [1.82, 2.24) is 0 Å². The van der Waals surface area contributed by atoms with Gasteiger partial charge in [0, 0.05) is 0 Å². The lowest BCUT2D eigenvalue weighted by molar-refractivity contribution is 0.410. The Kier molecular flexibility index (Phi) is 4.35. The zero-order valence-corrected chi connectivity index (χ0v) is 10.8. The van der Waals surface area contributed by atoms with Crippen molar-refractivity contribution >= 4 is 11.6 Å². The Bertz CT molecular complexity index is 590. The fourth-order valence-corrected chi connectivity index (χ4v) is 1.86. The molecule has 2 N–H and O–H groups in total. The highest BCUT2D eigenvalue weighted by Crippen LogP contribution is 2.32. The number of nitrogens with two attached hydrogens (primary N) is 1. The van der Waals surface area contributed by atoms with Gasteiger partial charge < -0.3 is 10.5 Å². The first-order valence-electron chi connectivity index (χ1n) is 5.73. The van der Waals surface area contributed by atoms with E-state index >= 15 is 0 Å². The zero-order valence-electron chi connectivity index (χ0n) is 10.00. The average molecular weight is 284 g/mol. The summed E-state index contributed by atoms with van der Waals surface area (Å²) in [6, 6.07) is 8.81. The third-order valence-electron chi connectivity index (χ3n) is 2.59. The monoisotopic (exact) mass is 283 g/mol. The molecular formula is C14H12ClF2NO. The molecule has 0 radical (unpaired) electrons. The summed E-state index contributed by atoms with van der Waals surface area (Å²) in [6.45, 7) is 0.345. The fraction of sp³-hybridized carbons (Fsp3) is 0.143. The summed E-state index contributed by atoms with van der Waals surface area (Å²) in [7, 11) is 0. The molecule has 0 unspecified atom stereocenters. The van der Waals surface area contributed by atoms with E-state index in [4.69, 9.17) is 22.1 Å². The summed E-state index contributed by atoms with van der Waals surface area (Å²) >= 11 is 5.65. The minimum absolute atomic E-state index is 0.0193. The molecule has 5 heteroatoms. The van der Waals surface area contributed by atoms with Crippen molar-refractivity contribution in [2.24, 2.45) is 5.73 Å². The molecule has 0 saturated heterocycles. The second-order valence-corrected chi connectivity index (χ2v) is 4.33. The Morgan fingerprint density at radius 2 is 1.84 bits per heavy atom. The maximum Gasteiger partial charge on any atom is 0.184 e. The molecule has 0 aliphatic carbocycles. The second-order valence-electron chi connectivity index (χ2n) is 3.92. The molecule has 100 valence electrons. The highest BCUT2D eigenvalue weighted by molar-refractivity contribution is 6.30. The summed E-state index contributed by atoms with van der Waals surface area (Å²) in [5.41, 5.74) is 6.04.